The Bertz CT molecular complexity index is 922. The van der Waals surface area contributed by atoms with Crippen molar-refractivity contribution in [2.75, 3.05) is 11.9 Å². The molecule has 1 aromatic heterocycles. The summed E-state index contributed by atoms with van der Waals surface area (Å²) in [5.74, 6) is -0.904. The molecule has 25 heavy (non-hydrogen) atoms. The van der Waals surface area contributed by atoms with Gasteiger partial charge in [-0.25, -0.2) is 4.39 Å². The van der Waals surface area contributed by atoms with Gasteiger partial charge in [0.2, 0.25) is 0 Å². The maximum atomic E-state index is 13.6. The molecule has 0 bridgehead atoms. The van der Waals surface area contributed by atoms with Crippen molar-refractivity contribution in [2.45, 2.75) is 6.92 Å². The number of anilines is 1. The number of hydrogen-bond donors (Lipinski definition) is 0. The maximum Gasteiger partial charge on any atom is 0.258 e. The van der Waals surface area contributed by atoms with Gasteiger partial charge in [0.25, 0.3) is 5.91 Å². The van der Waals surface area contributed by atoms with E-state index in [0.717, 1.165) is 16.7 Å². The van der Waals surface area contributed by atoms with Crippen LogP contribution in [0.25, 0.3) is 11.1 Å². The predicted molar refractivity (Wildman–Crippen MR) is 98.6 cm³/mol. The van der Waals surface area contributed by atoms with Crippen molar-refractivity contribution in [3.8, 4) is 11.1 Å². The molecule has 0 radical (unpaired) electrons. The summed E-state index contributed by atoms with van der Waals surface area (Å²) in [7, 11) is 1.64. The highest BCUT2D eigenvalue weighted by Crippen LogP contribution is 2.32. The molecule has 0 aliphatic heterocycles. The standard InChI is InChI=1S/C20H16ClFN2O/c1-13-5-3-4-6-17(13)18-7-8-23-12-19(18)24(2)20(25)14-9-15(21)11-16(22)10-14/h3-12H,1-2H3. The monoisotopic (exact) mass is 354 g/mol. The van der Waals surface area contributed by atoms with Crippen LogP contribution in [0.5, 0.6) is 0 Å². The molecule has 0 spiro atoms. The molecule has 2 aromatic carbocycles. The van der Waals surface area contributed by atoms with Crippen LogP contribution in [-0.4, -0.2) is 17.9 Å². The number of benzene rings is 2. The van der Waals surface area contributed by atoms with Gasteiger partial charge in [0, 0.05) is 29.4 Å². The van der Waals surface area contributed by atoms with Crippen molar-refractivity contribution >= 4 is 23.2 Å². The highest BCUT2D eigenvalue weighted by atomic mass is 35.5. The summed E-state index contributed by atoms with van der Waals surface area (Å²) in [6.07, 6.45) is 3.31. The third-order valence-corrected chi connectivity index (χ3v) is 4.23. The number of hydrogen-bond acceptors (Lipinski definition) is 2. The molecule has 0 atom stereocenters. The van der Waals surface area contributed by atoms with Gasteiger partial charge in [-0.2, -0.15) is 0 Å². The first-order chi connectivity index (χ1) is 12.0. The van der Waals surface area contributed by atoms with Gasteiger partial charge in [-0.15, -0.1) is 0 Å². The van der Waals surface area contributed by atoms with Crippen LogP contribution in [0.15, 0.2) is 60.9 Å². The topological polar surface area (TPSA) is 33.2 Å². The van der Waals surface area contributed by atoms with Crippen LogP contribution in [0.3, 0.4) is 0 Å². The normalized spacial score (nSPS) is 10.6. The molecule has 0 aliphatic carbocycles. The minimum Gasteiger partial charge on any atom is -0.309 e. The first-order valence-electron chi connectivity index (χ1n) is 7.71. The first-order valence-corrected chi connectivity index (χ1v) is 8.09. The number of halogens is 2. The zero-order valence-electron chi connectivity index (χ0n) is 13.8. The fourth-order valence-corrected chi connectivity index (χ4v) is 2.96. The fraction of sp³-hybridized carbons (Fsp3) is 0.100. The van der Waals surface area contributed by atoms with E-state index in [1.807, 2.05) is 37.3 Å². The van der Waals surface area contributed by atoms with Gasteiger partial charge in [-0.05, 0) is 42.3 Å². The van der Waals surface area contributed by atoms with E-state index in [1.165, 1.54) is 23.1 Å². The van der Waals surface area contributed by atoms with Crippen LogP contribution in [0, 0.1) is 12.7 Å². The average Bonchev–Trinajstić information content (AvgIpc) is 2.60. The molecule has 3 nitrogen and oxygen atoms in total. The minimum atomic E-state index is -0.547. The van der Waals surface area contributed by atoms with E-state index in [-0.39, 0.29) is 16.5 Å². The maximum absolute atomic E-state index is 13.6. The lowest BCUT2D eigenvalue weighted by molar-refractivity contribution is 0.0992. The Morgan fingerprint density at radius 3 is 2.60 bits per heavy atom. The highest BCUT2D eigenvalue weighted by molar-refractivity contribution is 6.31. The third-order valence-electron chi connectivity index (χ3n) is 4.01. The number of amides is 1. The van der Waals surface area contributed by atoms with Gasteiger partial charge in [-0.1, -0.05) is 35.9 Å². The second kappa shape index (κ2) is 7.03. The molecule has 0 saturated carbocycles. The zero-order valence-corrected chi connectivity index (χ0v) is 14.6. The molecule has 0 fully saturated rings. The SMILES string of the molecule is Cc1ccccc1-c1ccncc1N(C)C(=O)c1cc(F)cc(Cl)c1. The van der Waals surface area contributed by atoms with Gasteiger partial charge in [0.15, 0.2) is 0 Å². The van der Waals surface area contributed by atoms with Crippen molar-refractivity contribution in [3.63, 3.8) is 0 Å². The molecule has 0 saturated heterocycles. The Hall–Kier alpha value is -2.72. The van der Waals surface area contributed by atoms with Crippen LogP contribution in [0.4, 0.5) is 10.1 Å². The summed E-state index contributed by atoms with van der Waals surface area (Å²) in [5.41, 5.74) is 3.81. The van der Waals surface area contributed by atoms with Crippen LogP contribution < -0.4 is 4.90 Å². The number of carbonyl (C=O) groups is 1. The van der Waals surface area contributed by atoms with E-state index in [2.05, 4.69) is 4.98 Å². The third kappa shape index (κ3) is 3.54. The van der Waals surface area contributed by atoms with Crippen molar-refractivity contribution in [2.24, 2.45) is 0 Å². The number of carbonyl (C=O) groups excluding carboxylic acids is 1. The van der Waals surface area contributed by atoms with Crippen molar-refractivity contribution < 1.29 is 9.18 Å². The van der Waals surface area contributed by atoms with Gasteiger partial charge >= 0.3 is 0 Å². The fourth-order valence-electron chi connectivity index (χ4n) is 2.74. The lowest BCUT2D eigenvalue weighted by Crippen LogP contribution is -2.27. The summed E-state index contributed by atoms with van der Waals surface area (Å²) >= 11 is 5.87. The van der Waals surface area contributed by atoms with E-state index in [9.17, 15) is 9.18 Å². The molecule has 5 heteroatoms. The Morgan fingerprint density at radius 1 is 1.12 bits per heavy atom. The van der Waals surface area contributed by atoms with E-state index in [0.29, 0.717) is 5.69 Å². The summed E-state index contributed by atoms with van der Waals surface area (Å²) in [5, 5.41) is 0.182. The van der Waals surface area contributed by atoms with Crippen molar-refractivity contribution in [1.82, 2.24) is 4.98 Å². The Balaban J connectivity index is 2.05. The van der Waals surface area contributed by atoms with Gasteiger partial charge < -0.3 is 4.90 Å². The summed E-state index contributed by atoms with van der Waals surface area (Å²) in [6, 6.07) is 13.6. The summed E-state index contributed by atoms with van der Waals surface area (Å²) in [6.45, 7) is 2.01. The molecule has 0 aliphatic rings. The Morgan fingerprint density at radius 2 is 1.88 bits per heavy atom. The lowest BCUT2D eigenvalue weighted by atomic mass is 9.99. The van der Waals surface area contributed by atoms with E-state index in [1.54, 1.807) is 19.4 Å². The lowest BCUT2D eigenvalue weighted by Gasteiger charge is -2.21. The van der Waals surface area contributed by atoms with Gasteiger partial charge in [0.1, 0.15) is 5.82 Å². The zero-order chi connectivity index (χ0) is 18.0. The van der Waals surface area contributed by atoms with Gasteiger partial charge in [-0.3, -0.25) is 9.78 Å². The van der Waals surface area contributed by atoms with Crippen molar-refractivity contribution in [1.29, 1.82) is 0 Å². The smallest absolute Gasteiger partial charge is 0.258 e. The molecular weight excluding hydrogens is 339 g/mol. The second-order valence-corrected chi connectivity index (χ2v) is 6.17. The number of aromatic nitrogens is 1. The summed E-state index contributed by atoms with van der Waals surface area (Å²) in [4.78, 5) is 18.4. The number of nitrogens with zero attached hydrogens (tertiary/aromatic N) is 2. The molecule has 1 heterocycles. The molecule has 3 aromatic rings. The molecule has 3 rings (SSSR count). The Labute approximate surface area is 150 Å². The van der Waals surface area contributed by atoms with E-state index < -0.39 is 5.82 Å². The number of pyridine rings is 1. The molecule has 1 amide bonds. The molecular formula is C20H16ClFN2O. The minimum absolute atomic E-state index is 0.182. The molecule has 126 valence electrons. The average molecular weight is 355 g/mol. The predicted octanol–water partition coefficient (Wildman–Crippen LogP) is 5.13. The highest BCUT2D eigenvalue weighted by Gasteiger charge is 2.19. The van der Waals surface area contributed by atoms with E-state index >= 15 is 0 Å². The first kappa shape index (κ1) is 17.1. The largest absolute Gasteiger partial charge is 0.309 e. The number of rotatable bonds is 3. The quantitative estimate of drug-likeness (QED) is 0.653. The van der Waals surface area contributed by atoms with E-state index in [4.69, 9.17) is 11.6 Å². The molecule has 0 N–H and O–H groups in total. The van der Waals surface area contributed by atoms with Crippen LogP contribution in [0.2, 0.25) is 5.02 Å². The number of aryl methyl sites for hydroxylation is 1. The summed E-state index contributed by atoms with van der Waals surface area (Å²) < 4.78 is 13.6. The molecule has 0 unspecified atom stereocenters. The second-order valence-electron chi connectivity index (χ2n) is 5.73. The Kier molecular flexibility index (Phi) is 4.81. The van der Waals surface area contributed by atoms with Crippen LogP contribution in [0.1, 0.15) is 15.9 Å². The van der Waals surface area contributed by atoms with Crippen LogP contribution in [-0.2, 0) is 0 Å². The van der Waals surface area contributed by atoms with Gasteiger partial charge in [0.05, 0.1) is 11.9 Å². The van der Waals surface area contributed by atoms with Crippen molar-refractivity contribution in [3.05, 3.63) is 82.9 Å². The van der Waals surface area contributed by atoms with Crippen LogP contribution >= 0.6 is 11.6 Å².